The van der Waals surface area contributed by atoms with Crippen LogP contribution in [-0.2, 0) is 4.79 Å². The molecule has 0 unspecified atom stereocenters. The largest absolute Gasteiger partial charge is 0.497 e. The van der Waals surface area contributed by atoms with E-state index in [0.717, 1.165) is 28.1 Å². The van der Waals surface area contributed by atoms with E-state index in [-0.39, 0.29) is 11.7 Å². The molecule has 0 radical (unpaired) electrons. The highest BCUT2D eigenvalue weighted by molar-refractivity contribution is 8.00. The van der Waals surface area contributed by atoms with Crippen LogP contribution in [0.15, 0.2) is 29.6 Å². The van der Waals surface area contributed by atoms with Gasteiger partial charge in [-0.05, 0) is 38.0 Å². The summed E-state index contributed by atoms with van der Waals surface area (Å²) < 4.78 is 11.1. The minimum atomic E-state index is -0.125. The maximum absolute atomic E-state index is 12.6. The molecule has 0 fully saturated rings. The number of aryl methyl sites for hydroxylation is 2. The molecule has 0 spiro atoms. The third kappa shape index (κ3) is 5.19. The molecule has 2 heterocycles. The van der Waals surface area contributed by atoms with Crippen LogP contribution in [0, 0.1) is 13.8 Å². The third-order valence-electron chi connectivity index (χ3n) is 4.49. The fraction of sp³-hybridized carbons (Fsp3) is 0.381. The van der Waals surface area contributed by atoms with E-state index in [1.165, 1.54) is 22.2 Å². The molecule has 2 aromatic heterocycles. The van der Waals surface area contributed by atoms with Gasteiger partial charge < -0.3 is 14.8 Å². The summed E-state index contributed by atoms with van der Waals surface area (Å²) >= 11 is 3.06. The highest BCUT2D eigenvalue weighted by atomic mass is 32.2. The van der Waals surface area contributed by atoms with Gasteiger partial charge in [0.15, 0.2) is 0 Å². The van der Waals surface area contributed by atoms with Crippen molar-refractivity contribution in [2.24, 2.45) is 0 Å². The molecule has 0 atom stereocenters. The molecule has 1 aromatic carbocycles. The molecule has 29 heavy (non-hydrogen) atoms. The minimum absolute atomic E-state index is 0.125. The second-order valence-corrected chi connectivity index (χ2v) is 8.71. The topological polar surface area (TPSA) is 73.3 Å². The predicted octanol–water partition coefficient (Wildman–Crippen LogP) is 5.23. The van der Waals surface area contributed by atoms with Gasteiger partial charge in [-0.2, -0.15) is 0 Å². The first kappa shape index (κ1) is 21.4. The molecule has 0 aliphatic carbocycles. The number of unbranched alkanes of at least 4 members (excludes halogenated alkanes) is 1. The standard InChI is InChI=1S/C21H25N3O3S2/c1-5-6-9-27-17-8-7-15(26-4)10-16(17)24-18(25)11-28-20-19-13(2)14(3)29-21(19)23-12-22-20/h7-8,10,12H,5-6,9,11H2,1-4H3,(H,24,25). The van der Waals surface area contributed by atoms with Gasteiger partial charge in [-0.1, -0.05) is 25.1 Å². The summed E-state index contributed by atoms with van der Waals surface area (Å²) in [5.41, 5.74) is 1.79. The van der Waals surface area contributed by atoms with Crippen molar-refractivity contribution < 1.29 is 14.3 Å². The van der Waals surface area contributed by atoms with Gasteiger partial charge in [0, 0.05) is 16.3 Å². The Labute approximate surface area is 179 Å². The smallest absolute Gasteiger partial charge is 0.234 e. The number of fused-ring (bicyclic) bond motifs is 1. The molecule has 3 rings (SSSR count). The number of methoxy groups -OCH3 is 1. The van der Waals surface area contributed by atoms with Crippen LogP contribution in [0.25, 0.3) is 10.2 Å². The van der Waals surface area contributed by atoms with Gasteiger partial charge >= 0.3 is 0 Å². The Morgan fingerprint density at radius 1 is 1.28 bits per heavy atom. The van der Waals surface area contributed by atoms with Crippen LogP contribution in [0.5, 0.6) is 11.5 Å². The van der Waals surface area contributed by atoms with Gasteiger partial charge in [0.2, 0.25) is 5.91 Å². The number of amides is 1. The van der Waals surface area contributed by atoms with Gasteiger partial charge in [0.1, 0.15) is 27.7 Å². The van der Waals surface area contributed by atoms with Crippen LogP contribution in [-0.4, -0.2) is 35.3 Å². The van der Waals surface area contributed by atoms with Crippen molar-refractivity contribution in [3.05, 3.63) is 35.0 Å². The average molecular weight is 432 g/mol. The number of thioether (sulfide) groups is 1. The molecule has 3 aromatic rings. The van der Waals surface area contributed by atoms with E-state index in [9.17, 15) is 4.79 Å². The molecule has 154 valence electrons. The van der Waals surface area contributed by atoms with E-state index in [4.69, 9.17) is 9.47 Å². The Bertz CT molecular complexity index is 1000. The molecule has 0 saturated heterocycles. The normalized spacial score (nSPS) is 10.9. The first-order valence-electron chi connectivity index (χ1n) is 9.47. The fourth-order valence-electron chi connectivity index (χ4n) is 2.77. The lowest BCUT2D eigenvalue weighted by Crippen LogP contribution is -2.15. The van der Waals surface area contributed by atoms with Crippen molar-refractivity contribution in [2.75, 3.05) is 24.8 Å². The number of carbonyl (C=O) groups excluding carboxylic acids is 1. The number of benzene rings is 1. The van der Waals surface area contributed by atoms with Crippen molar-refractivity contribution in [1.29, 1.82) is 0 Å². The maximum Gasteiger partial charge on any atom is 0.234 e. The number of nitrogens with zero attached hydrogens (tertiary/aromatic N) is 2. The molecular weight excluding hydrogens is 406 g/mol. The first-order chi connectivity index (χ1) is 14.0. The van der Waals surface area contributed by atoms with Crippen LogP contribution >= 0.6 is 23.1 Å². The highest BCUT2D eigenvalue weighted by Gasteiger charge is 2.15. The average Bonchev–Trinajstić information content (AvgIpc) is 3.02. The SMILES string of the molecule is CCCCOc1ccc(OC)cc1NC(=O)CSc1ncnc2sc(C)c(C)c12. The summed E-state index contributed by atoms with van der Waals surface area (Å²) in [6.45, 7) is 6.86. The summed E-state index contributed by atoms with van der Waals surface area (Å²) in [5.74, 6) is 1.43. The Hall–Kier alpha value is -2.32. The zero-order chi connectivity index (χ0) is 20.8. The number of ether oxygens (including phenoxy) is 2. The molecule has 1 amide bonds. The lowest BCUT2D eigenvalue weighted by atomic mass is 10.2. The van der Waals surface area contributed by atoms with Crippen molar-refractivity contribution in [3.63, 3.8) is 0 Å². The van der Waals surface area contributed by atoms with Gasteiger partial charge in [-0.3, -0.25) is 4.79 Å². The number of hydrogen-bond donors (Lipinski definition) is 1. The van der Waals surface area contributed by atoms with E-state index in [1.807, 2.05) is 12.1 Å². The predicted molar refractivity (Wildman–Crippen MR) is 120 cm³/mol. The van der Waals surface area contributed by atoms with E-state index in [2.05, 4.69) is 36.1 Å². The summed E-state index contributed by atoms with van der Waals surface area (Å²) in [6, 6.07) is 5.42. The van der Waals surface area contributed by atoms with Gasteiger partial charge in [-0.25, -0.2) is 9.97 Å². The minimum Gasteiger partial charge on any atom is -0.497 e. The Balaban J connectivity index is 1.71. The lowest BCUT2D eigenvalue weighted by Gasteiger charge is -2.14. The van der Waals surface area contributed by atoms with E-state index < -0.39 is 0 Å². The van der Waals surface area contributed by atoms with Crippen molar-refractivity contribution >= 4 is 44.9 Å². The van der Waals surface area contributed by atoms with Gasteiger partial charge in [-0.15, -0.1) is 11.3 Å². The third-order valence-corrected chi connectivity index (χ3v) is 6.59. The van der Waals surface area contributed by atoms with Crippen LogP contribution in [0.3, 0.4) is 0 Å². The number of anilines is 1. The number of thiophene rings is 1. The monoisotopic (exact) mass is 431 g/mol. The molecule has 0 bridgehead atoms. The van der Waals surface area contributed by atoms with Crippen molar-refractivity contribution in [3.8, 4) is 11.5 Å². The molecule has 0 aliphatic heterocycles. The van der Waals surface area contributed by atoms with Crippen LogP contribution < -0.4 is 14.8 Å². The summed E-state index contributed by atoms with van der Waals surface area (Å²) in [5, 5.41) is 4.81. The van der Waals surface area contributed by atoms with E-state index in [1.54, 1.807) is 30.8 Å². The summed E-state index contributed by atoms with van der Waals surface area (Å²) in [6.07, 6.45) is 3.56. The lowest BCUT2D eigenvalue weighted by molar-refractivity contribution is -0.113. The first-order valence-corrected chi connectivity index (χ1v) is 11.3. The second-order valence-electron chi connectivity index (χ2n) is 6.54. The number of rotatable bonds is 9. The Morgan fingerprint density at radius 2 is 2.10 bits per heavy atom. The molecular formula is C21H25N3O3S2. The number of nitrogens with one attached hydrogen (secondary N) is 1. The Morgan fingerprint density at radius 3 is 2.86 bits per heavy atom. The van der Waals surface area contributed by atoms with E-state index in [0.29, 0.717) is 23.8 Å². The number of aromatic nitrogens is 2. The van der Waals surface area contributed by atoms with Crippen LogP contribution in [0.1, 0.15) is 30.2 Å². The van der Waals surface area contributed by atoms with Crippen LogP contribution in [0.2, 0.25) is 0 Å². The Kier molecular flexibility index (Phi) is 7.33. The molecule has 6 nitrogen and oxygen atoms in total. The zero-order valence-electron chi connectivity index (χ0n) is 17.1. The van der Waals surface area contributed by atoms with Crippen molar-refractivity contribution in [2.45, 2.75) is 38.6 Å². The zero-order valence-corrected chi connectivity index (χ0v) is 18.7. The highest BCUT2D eigenvalue weighted by Crippen LogP contribution is 2.35. The van der Waals surface area contributed by atoms with Gasteiger partial charge in [0.25, 0.3) is 0 Å². The quantitative estimate of drug-likeness (QED) is 0.284. The van der Waals surface area contributed by atoms with Gasteiger partial charge in [0.05, 0.1) is 25.2 Å². The maximum atomic E-state index is 12.6. The second kappa shape index (κ2) is 9.93. The number of hydrogen-bond acceptors (Lipinski definition) is 7. The van der Waals surface area contributed by atoms with Crippen molar-refractivity contribution in [1.82, 2.24) is 9.97 Å². The molecule has 0 saturated carbocycles. The molecule has 1 N–H and O–H groups in total. The fourth-order valence-corrected chi connectivity index (χ4v) is 4.68. The summed E-state index contributed by atoms with van der Waals surface area (Å²) in [7, 11) is 1.60. The van der Waals surface area contributed by atoms with Crippen LogP contribution in [0.4, 0.5) is 5.69 Å². The number of carbonyl (C=O) groups is 1. The molecule has 0 aliphatic rings. The summed E-state index contributed by atoms with van der Waals surface area (Å²) in [4.78, 5) is 23.5. The van der Waals surface area contributed by atoms with E-state index >= 15 is 0 Å². The molecule has 8 heteroatoms.